The van der Waals surface area contributed by atoms with Crippen LogP contribution in [0.2, 0.25) is 0 Å². The number of benzene rings is 2. The Morgan fingerprint density at radius 3 is 2.71 bits per heavy atom. The Morgan fingerprint density at radius 2 is 1.93 bits per heavy atom. The second kappa shape index (κ2) is 8.91. The maximum Gasteiger partial charge on any atom is 0.219 e. The molecule has 5 heteroatoms. The number of amides is 1. The van der Waals surface area contributed by atoms with Crippen molar-refractivity contribution >= 4 is 16.9 Å². The van der Waals surface area contributed by atoms with Gasteiger partial charge in [-0.1, -0.05) is 24.3 Å². The van der Waals surface area contributed by atoms with Gasteiger partial charge in [0.1, 0.15) is 11.6 Å². The van der Waals surface area contributed by atoms with Gasteiger partial charge in [-0.25, -0.2) is 4.98 Å². The zero-order valence-corrected chi connectivity index (χ0v) is 17.2. The lowest BCUT2D eigenvalue weighted by molar-refractivity contribution is -0.128. The summed E-state index contributed by atoms with van der Waals surface area (Å²) < 4.78 is 8.20. The molecule has 1 heterocycles. The largest absolute Gasteiger partial charge is 0.493 e. The minimum Gasteiger partial charge on any atom is -0.493 e. The number of aryl methyl sites for hydroxylation is 3. The monoisotopic (exact) mass is 379 g/mol. The zero-order chi connectivity index (χ0) is 20.1. The first-order chi connectivity index (χ1) is 13.5. The molecule has 0 N–H and O–H groups in total. The predicted molar refractivity (Wildman–Crippen MR) is 113 cm³/mol. The van der Waals surface area contributed by atoms with Crippen molar-refractivity contribution in [2.75, 3.05) is 13.7 Å². The van der Waals surface area contributed by atoms with Crippen molar-refractivity contribution in [1.29, 1.82) is 0 Å². The van der Waals surface area contributed by atoms with Crippen LogP contribution < -0.4 is 4.74 Å². The van der Waals surface area contributed by atoms with E-state index in [1.54, 1.807) is 11.8 Å². The molecular weight excluding hydrogens is 350 g/mol. The number of rotatable bonds is 8. The lowest BCUT2D eigenvalue weighted by atomic mass is 10.1. The highest BCUT2D eigenvalue weighted by Gasteiger charge is 2.13. The van der Waals surface area contributed by atoms with Crippen LogP contribution in [0.15, 0.2) is 42.5 Å². The van der Waals surface area contributed by atoms with E-state index < -0.39 is 0 Å². The molecule has 3 rings (SSSR count). The third kappa shape index (κ3) is 4.71. The van der Waals surface area contributed by atoms with Crippen LogP contribution in [0.5, 0.6) is 5.75 Å². The van der Waals surface area contributed by atoms with Crippen molar-refractivity contribution in [2.45, 2.75) is 46.7 Å². The summed E-state index contributed by atoms with van der Waals surface area (Å²) in [4.78, 5) is 18.1. The fourth-order valence-electron chi connectivity index (χ4n) is 3.24. The molecule has 0 unspecified atom stereocenters. The third-order valence-electron chi connectivity index (χ3n) is 5.03. The van der Waals surface area contributed by atoms with E-state index in [4.69, 9.17) is 9.72 Å². The Kier molecular flexibility index (Phi) is 6.34. The first-order valence-corrected chi connectivity index (χ1v) is 9.81. The second-order valence-corrected chi connectivity index (χ2v) is 7.37. The fourth-order valence-corrected chi connectivity index (χ4v) is 3.24. The molecule has 2 aromatic carbocycles. The number of carbonyl (C=O) groups excluding carboxylic acids is 1. The van der Waals surface area contributed by atoms with E-state index in [1.807, 2.05) is 25.2 Å². The summed E-state index contributed by atoms with van der Waals surface area (Å²) in [5.74, 6) is 1.94. The maximum atomic E-state index is 11.6. The number of unbranched alkanes of at least 4 members (excludes halogenated alkanes) is 1. The van der Waals surface area contributed by atoms with Gasteiger partial charge in [0.25, 0.3) is 0 Å². The molecule has 0 bridgehead atoms. The van der Waals surface area contributed by atoms with Gasteiger partial charge >= 0.3 is 0 Å². The number of hydrogen-bond acceptors (Lipinski definition) is 3. The predicted octanol–water partition coefficient (Wildman–Crippen LogP) is 4.49. The molecule has 0 aliphatic carbocycles. The third-order valence-corrected chi connectivity index (χ3v) is 5.03. The minimum absolute atomic E-state index is 0.0422. The van der Waals surface area contributed by atoms with Crippen LogP contribution in [0.3, 0.4) is 0 Å². The molecule has 1 amide bonds. The summed E-state index contributed by atoms with van der Waals surface area (Å²) in [6.45, 7) is 7.80. The van der Waals surface area contributed by atoms with Gasteiger partial charge in [-0.15, -0.1) is 0 Å². The van der Waals surface area contributed by atoms with Gasteiger partial charge in [-0.3, -0.25) is 4.79 Å². The van der Waals surface area contributed by atoms with Crippen LogP contribution in [0, 0.1) is 13.8 Å². The summed E-state index contributed by atoms with van der Waals surface area (Å²) in [5, 5.41) is 0. The smallest absolute Gasteiger partial charge is 0.219 e. The number of para-hydroxylation sites is 2. The standard InChI is InChI=1S/C23H29N3O2/c1-17-11-12-18(2)22(15-17)28-14-8-7-13-26-21-10-6-5-9-20(21)24-23(26)16-25(4)19(3)27/h5-6,9-12,15H,7-8,13-14,16H2,1-4H3. The van der Waals surface area contributed by atoms with Crippen molar-refractivity contribution in [3.05, 3.63) is 59.4 Å². The topological polar surface area (TPSA) is 47.4 Å². The van der Waals surface area contributed by atoms with Gasteiger partial charge in [0.2, 0.25) is 5.91 Å². The molecule has 0 saturated carbocycles. The van der Waals surface area contributed by atoms with Gasteiger partial charge in [0.05, 0.1) is 24.2 Å². The Balaban J connectivity index is 1.63. The molecule has 0 spiro atoms. The summed E-state index contributed by atoms with van der Waals surface area (Å²) in [7, 11) is 1.81. The number of fused-ring (bicyclic) bond motifs is 1. The van der Waals surface area contributed by atoms with Crippen molar-refractivity contribution in [2.24, 2.45) is 0 Å². The Labute approximate surface area is 166 Å². The Morgan fingerprint density at radius 1 is 1.14 bits per heavy atom. The van der Waals surface area contributed by atoms with Crippen LogP contribution in [-0.4, -0.2) is 34.0 Å². The van der Waals surface area contributed by atoms with E-state index in [0.29, 0.717) is 13.2 Å². The summed E-state index contributed by atoms with van der Waals surface area (Å²) >= 11 is 0. The van der Waals surface area contributed by atoms with E-state index in [-0.39, 0.29) is 5.91 Å². The number of nitrogens with zero attached hydrogens (tertiary/aromatic N) is 3. The van der Waals surface area contributed by atoms with Crippen LogP contribution in [0.25, 0.3) is 11.0 Å². The van der Waals surface area contributed by atoms with E-state index in [9.17, 15) is 4.79 Å². The number of ether oxygens (including phenoxy) is 1. The molecule has 28 heavy (non-hydrogen) atoms. The molecule has 148 valence electrons. The lowest BCUT2D eigenvalue weighted by Gasteiger charge is -2.16. The van der Waals surface area contributed by atoms with Gasteiger partial charge in [-0.2, -0.15) is 0 Å². The van der Waals surface area contributed by atoms with Gasteiger partial charge in [-0.05, 0) is 56.0 Å². The molecule has 0 fully saturated rings. The Bertz CT molecular complexity index is 962. The van der Waals surface area contributed by atoms with E-state index >= 15 is 0 Å². The van der Waals surface area contributed by atoms with E-state index in [2.05, 4.69) is 42.7 Å². The molecule has 5 nitrogen and oxygen atoms in total. The fraction of sp³-hybridized carbons (Fsp3) is 0.391. The number of hydrogen-bond donors (Lipinski definition) is 0. The SMILES string of the molecule is CC(=O)N(C)Cc1nc2ccccc2n1CCCCOc1cc(C)ccc1C. The molecule has 0 aliphatic heterocycles. The second-order valence-electron chi connectivity index (χ2n) is 7.37. The van der Waals surface area contributed by atoms with Crippen LogP contribution in [-0.2, 0) is 17.9 Å². The van der Waals surface area contributed by atoms with Crippen molar-refractivity contribution in [3.63, 3.8) is 0 Å². The van der Waals surface area contributed by atoms with Crippen molar-refractivity contribution in [3.8, 4) is 5.75 Å². The lowest BCUT2D eigenvalue weighted by Crippen LogP contribution is -2.25. The summed E-state index contributed by atoms with van der Waals surface area (Å²) in [6, 6.07) is 14.4. The van der Waals surface area contributed by atoms with Gasteiger partial charge in [0, 0.05) is 20.5 Å². The molecule has 0 radical (unpaired) electrons. The normalized spacial score (nSPS) is 11.0. The van der Waals surface area contributed by atoms with E-state index in [1.165, 1.54) is 11.1 Å². The van der Waals surface area contributed by atoms with E-state index in [0.717, 1.165) is 42.0 Å². The molecule has 0 aliphatic rings. The highest BCUT2D eigenvalue weighted by atomic mass is 16.5. The zero-order valence-electron chi connectivity index (χ0n) is 17.2. The quantitative estimate of drug-likeness (QED) is 0.542. The average molecular weight is 380 g/mol. The number of aromatic nitrogens is 2. The van der Waals surface area contributed by atoms with Gasteiger partial charge < -0.3 is 14.2 Å². The highest BCUT2D eigenvalue weighted by Crippen LogP contribution is 2.20. The van der Waals surface area contributed by atoms with Crippen LogP contribution in [0.1, 0.15) is 36.7 Å². The Hall–Kier alpha value is -2.82. The molecule has 0 saturated heterocycles. The molecule has 0 atom stereocenters. The molecule has 3 aromatic rings. The first-order valence-electron chi connectivity index (χ1n) is 9.81. The van der Waals surface area contributed by atoms with Crippen molar-refractivity contribution in [1.82, 2.24) is 14.5 Å². The molecule has 1 aromatic heterocycles. The highest BCUT2D eigenvalue weighted by molar-refractivity contribution is 5.76. The number of imidazole rings is 1. The maximum absolute atomic E-state index is 11.6. The van der Waals surface area contributed by atoms with Crippen molar-refractivity contribution < 1.29 is 9.53 Å². The van der Waals surface area contributed by atoms with Gasteiger partial charge in [0.15, 0.2) is 0 Å². The summed E-state index contributed by atoms with van der Waals surface area (Å²) in [6.07, 6.45) is 1.95. The summed E-state index contributed by atoms with van der Waals surface area (Å²) in [5.41, 5.74) is 4.47. The molecular formula is C23H29N3O2. The van der Waals surface area contributed by atoms with Crippen LogP contribution in [0.4, 0.5) is 0 Å². The van der Waals surface area contributed by atoms with Crippen LogP contribution >= 0.6 is 0 Å². The first kappa shape index (κ1) is 19.9. The average Bonchev–Trinajstić information content (AvgIpc) is 3.01. The number of carbonyl (C=O) groups is 1. The minimum atomic E-state index is 0.0422.